The average molecular weight is 312 g/mol. The number of ether oxygens (including phenoxy) is 2. The normalized spacial score (nSPS) is 9.95. The molecule has 0 heterocycles. The van der Waals surface area contributed by atoms with E-state index in [2.05, 4.69) is 17.4 Å². The summed E-state index contributed by atoms with van der Waals surface area (Å²) in [6.45, 7) is 2.96. The number of para-hydroxylation sites is 1. The SMILES string of the molecule is CCCCNCC(=O)O.COc1cccc(C=NO)c1OC. The Morgan fingerprint density at radius 2 is 2.09 bits per heavy atom. The number of unbranched alkanes of at least 4 members (excludes halogenated alkanes) is 1. The molecule has 0 amide bonds. The van der Waals surface area contributed by atoms with Crippen LogP contribution in [0.25, 0.3) is 0 Å². The summed E-state index contributed by atoms with van der Waals surface area (Å²) in [5.74, 6) is 0.383. The molecular formula is C15H24N2O5. The van der Waals surface area contributed by atoms with Crippen molar-refractivity contribution in [1.29, 1.82) is 0 Å². The molecule has 0 saturated carbocycles. The van der Waals surface area contributed by atoms with Crippen LogP contribution in [0, 0.1) is 0 Å². The van der Waals surface area contributed by atoms with Crippen molar-refractivity contribution >= 4 is 12.2 Å². The smallest absolute Gasteiger partial charge is 0.317 e. The maximum absolute atomic E-state index is 9.90. The summed E-state index contributed by atoms with van der Waals surface area (Å²) in [6, 6.07) is 5.33. The first-order valence-corrected chi connectivity index (χ1v) is 6.91. The second-order valence-corrected chi connectivity index (χ2v) is 4.25. The minimum atomic E-state index is -0.786. The van der Waals surface area contributed by atoms with Crippen LogP contribution in [0.15, 0.2) is 23.4 Å². The van der Waals surface area contributed by atoms with E-state index >= 15 is 0 Å². The molecule has 0 atom stereocenters. The Morgan fingerprint density at radius 3 is 2.59 bits per heavy atom. The maximum Gasteiger partial charge on any atom is 0.317 e. The fourth-order valence-electron chi connectivity index (χ4n) is 1.57. The van der Waals surface area contributed by atoms with E-state index in [9.17, 15) is 4.79 Å². The molecule has 7 heteroatoms. The minimum absolute atomic E-state index is 0.0833. The summed E-state index contributed by atoms with van der Waals surface area (Å²) >= 11 is 0. The quantitative estimate of drug-likeness (QED) is 0.294. The van der Waals surface area contributed by atoms with E-state index in [0.717, 1.165) is 19.4 Å². The summed E-state index contributed by atoms with van der Waals surface area (Å²) in [6.07, 6.45) is 3.45. The predicted molar refractivity (Wildman–Crippen MR) is 84.3 cm³/mol. The number of nitrogens with zero attached hydrogens (tertiary/aromatic N) is 1. The van der Waals surface area contributed by atoms with Gasteiger partial charge >= 0.3 is 5.97 Å². The summed E-state index contributed by atoms with van der Waals surface area (Å²) in [7, 11) is 3.09. The number of benzene rings is 1. The number of hydrogen-bond acceptors (Lipinski definition) is 6. The second-order valence-electron chi connectivity index (χ2n) is 4.25. The zero-order valence-corrected chi connectivity index (χ0v) is 13.2. The molecule has 0 radical (unpaired) electrons. The van der Waals surface area contributed by atoms with Gasteiger partial charge in [0, 0.05) is 5.56 Å². The number of methoxy groups -OCH3 is 2. The molecule has 0 aliphatic rings. The van der Waals surface area contributed by atoms with Crippen LogP contribution < -0.4 is 14.8 Å². The van der Waals surface area contributed by atoms with Gasteiger partial charge in [0.2, 0.25) is 0 Å². The Hall–Kier alpha value is -2.28. The van der Waals surface area contributed by atoms with Gasteiger partial charge in [0.1, 0.15) is 0 Å². The van der Waals surface area contributed by atoms with Crippen LogP contribution in [0.1, 0.15) is 25.3 Å². The number of hydrogen-bond donors (Lipinski definition) is 3. The fraction of sp³-hybridized carbons (Fsp3) is 0.467. The molecule has 124 valence electrons. The lowest BCUT2D eigenvalue weighted by molar-refractivity contribution is -0.135. The second kappa shape index (κ2) is 12.5. The first-order chi connectivity index (χ1) is 10.6. The van der Waals surface area contributed by atoms with Crippen LogP contribution in [-0.2, 0) is 4.79 Å². The van der Waals surface area contributed by atoms with Crippen molar-refractivity contribution in [1.82, 2.24) is 5.32 Å². The molecule has 0 aromatic heterocycles. The summed E-state index contributed by atoms with van der Waals surface area (Å²) in [5, 5.41) is 22.2. The zero-order valence-electron chi connectivity index (χ0n) is 13.2. The number of carboxylic acids is 1. The fourth-order valence-corrected chi connectivity index (χ4v) is 1.57. The van der Waals surface area contributed by atoms with Gasteiger partial charge in [0.05, 0.1) is 27.0 Å². The van der Waals surface area contributed by atoms with Gasteiger partial charge in [-0.3, -0.25) is 4.79 Å². The molecule has 0 spiro atoms. The Morgan fingerprint density at radius 1 is 1.36 bits per heavy atom. The predicted octanol–water partition coefficient (Wildman–Crippen LogP) is 1.97. The number of oxime groups is 1. The number of carbonyl (C=O) groups is 1. The molecule has 7 nitrogen and oxygen atoms in total. The van der Waals surface area contributed by atoms with Gasteiger partial charge in [-0.05, 0) is 25.1 Å². The lowest BCUT2D eigenvalue weighted by Gasteiger charge is -2.08. The highest BCUT2D eigenvalue weighted by Crippen LogP contribution is 2.29. The van der Waals surface area contributed by atoms with Crippen LogP contribution in [0.4, 0.5) is 0 Å². The summed E-state index contributed by atoms with van der Waals surface area (Å²) in [4.78, 5) is 9.90. The molecule has 0 fully saturated rings. The molecule has 1 rings (SSSR count). The Kier molecular flexibility index (Phi) is 11.2. The van der Waals surface area contributed by atoms with E-state index < -0.39 is 5.97 Å². The van der Waals surface area contributed by atoms with Gasteiger partial charge in [-0.15, -0.1) is 0 Å². The maximum atomic E-state index is 9.90. The van der Waals surface area contributed by atoms with E-state index in [-0.39, 0.29) is 6.54 Å². The molecular weight excluding hydrogens is 288 g/mol. The third kappa shape index (κ3) is 8.11. The van der Waals surface area contributed by atoms with Crippen molar-refractivity contribution in [3.63, 3.8) is 0 Å². The Bertz CT molecular complexity index is 463. The van der Waals surface area contributed by atoms with Gasteiger partial charge in [-0.25, -0.2) is 0 Å². The first-order valence-electron chi connectivity index (χ1n) is 6.91. The highest BCUT2D eigenvalue weighted by molar-refractivity contribution is 5.84. The van der Waals surface area contributed by atoms with E-state index in [0.29, 0.717) is 17.1 Å². The molecule has 22 heavy (non-hydrogen) atoms. The van der Waals surface area contributed by atoms with Crippen molar-refractivity contribution in [3.05, 3.63) is 23.8 Å². The lowest BCUT2D eigenvalue weighted by Crippen LogP contribution is -2.23. The Labute approximate surface area is 130 Å². The van der Waals surface area contributed by atoms with E-state index in [1.807, 2.05) is 0 Å². The number of rotatable bonds is 8. The molecule has 1 aromatic carbocycles. The summed E-state index contributed by atoms with van der Waals surface area (Å²) in [5.41, 5.74) is 0.671. The Balaban J connectivity index is 0.000000433. The third-order valence-corrected chi connectivity index (χ3v) is 2.61. The van der Waals surface area contributed by atoms with Gasteiger partial charge in [-0.1, -0.05) is 24.6 Å². The molecule has 0 saturated heterocycles. The van der Waals surface area contributed by atoms with E-state index in [1.165, 1.54) is 13.3 Å². The van der Waals surface area contributed by atoms with Crippen LogP contribution in [0.2, 0.25) is 0 Å². The van der Waals surface area contributed by atoms with E-state index in [1.54, 1.807) is 25.3 Å². The van der Waals surface area contributed by atoms with Crippen molar-refractivity contribution in [2.24, 2.45) is 5.16 Å². The molecule has 0 bridgehead atoms. The van der Waals surface area contributed by atoms with Gasteiger partial charge in [0.15, 0.2) is 11.5 Å². The van der Waals surface area contributed by atoms with Crippen molar-refractivity contribution < 1.29 is 24.6 Å². The minimum Gasteiger partial charge on any atom is -0.493 e. The number of nitrogens with one attached hydrogen (secondary N) is 1. The van der Waals surface area contributed by atoms with Crippen LogP contribution >= 0.6 is 0 Å². The van der Waals surface area contributed by atoms with Crippen LogP contribution in [0.5, 0.6) is 11.5 Å². The average Bonchev–Trinajstić information content (AvgIpc) is 2.52. The van der Waals surface area contributed by atoms with E-state index in [4.69, 9.17) is 19.8 Å². The third-order valence-electron chi connectivity index (χ3n) is 2.61. The van der Waals surface area contributed by atoms with Gasteiger partial charge in [0.25, 0.3) is 0 Å². The molecule has 0 unspecified atom stereocenters. The first kappa shape index (κ1) is 19.7. The van der Waals surface area contributed by atoms with Crippen LogP contribution in [-0.4, -0.2) is 49.8 Å². The highest BCUT2D eigenvalue weighted by Gasteiger charge is 2.06. The van der Waals surface area contributed by atoms with Gasteiger partial charge < -0.3 is 25.1 Å². The lowest BCUT2D eigenvalue weighted by atomic mass is 10.2. The van der Waals surface area contributed by atoms with Crippen LogP contribution in [0.3, 0.4) is 0 Å². The molecule has 0 aliphatic heterocycles. The standard InChI is InChI=1S/C9H11NO3.C6H13NO2/c1-12-8-5-3-4-7(6-10-11)9(8)13-2;1-2-3-4-7-5-6(8)9/h3-6,11H,1-2H3;7H,2-5H2,1H3,(H,8,9). The summed E-state index contributed by atoms with van der Waals surface area (Å²) < 4.78 is 10.1. The highest BCUT2D eigenvalue weighted by atomic mass is 16.5. The molecule has 3 N–H and O–H groups in total. The molecule has 0 aliphatic carbocycles. The zero-order chi connectivity index (χ0) is 16.8. The van der Waals surface area contributed by atoms with Crippen molar-refractivity contribution in [3.8, 4) is 11.5 Å². The van der Waals surface area contributed by atoms with Crippen molar-refractivity contribution in [2.45, 2.75) is 19.8 Å². The topological polar surface area (TPSA) is 100 Å². The molecule has 1 aromatic rings. The van der Waals surface area contributed by atoms with Gasteiger partial charge in [-0.2, -0.15) is 0 Å². The van der Waals surface area contributed by atoms with Crippen molar-refractivity contribution in [2.75, 3.05) is 27.3 Å². The monoisotopic (exact) mass is 312 g/mol. The number of aliphatic carboxylic acids is 1. The largest absolute Gasteiger partial charge is 0.493 e. The number of carboxylic acid groups (broad SMARTS) is 1.